The number of likely N-dealkylation sites (tertiary alicyclic amines) is 1. The quantitative estimate of drug-likeness (QED) is 0.853. The second-order valence-electron chi connectivity index (χ2n) is 5.40. The van der Waals surface area contributed by atoms with E-state index < -0.39 is 0 Å². The molecule has 6 nitrogen and oxygen atoms in total. The number of carbonyl (C=O) groups excluding carboxylic acids is 1. The summed E-state index contributed by atoms with van der Waals surface area (Å²) in [6.07, 6.45) is 2.65. The molecule has 112 valence electrons. The van der Waals surface area contributed by atoms with Gasteiger partial charge in [-0.25, -0.2) is 0 Å². The topological polar surface area (TPSA) is 78.6 Å². The molecule has 1 aliphatic heterocycles. The summed E-state index contributed by atoms with van der Waals surface area (Å²) < 4.78 is 4.95. The Morgan fingerprint density at radius 2 is 2.30 bits per heavy atom. The van der Waals surface area contributed by atoms with Gasteiger partial charge in [-0.3, -0.25) is 9.69 Å². The summed E-state index contributed by atoms with van der Waals surface area (Å²) in [4.78, 5) is 14.5. The zero-order chi connectivity index (χ0) is 14.5. The lowest BCUT2D eigenvalue weighted by Crippen LogP contribution is -2.47. The van der Waals surface area contributed by atoms with Gasteiger partial charge < -0.3 is 14.9 Å². The summed E-state index contributed by atoms with van der Waals surface area (Å²) >= 11 is 0. The molecule has 0 saturated carbocycles. The van der Waals surface area contributed by atoms with Crippen LogP contribution in [0.25, 0.3) is 0 Å². The van der Waals surface area contributed by atoms with E-state index in [1.807, 2.05) is 6.92 Å². The molecule has 0 radical (unpaired) electrons. The van der Waals surface area contributed by atoms with Gasteiger partial charge >= 0.3 is 0 Å². The number of rotatable bonds is 5. The number of nitrogens with zero attached hydrogens (tertiary/aromatic N) is 2. The molecule has 0 unspecified atom stereocenters. The van der Waals surface area contributed by atoms with Crippen molar-refractivity contribution in [1.29, 1.82) is 0 Å². The summed E-state index contributed by atoms with van der Waals surface area (Å²) in [5.41, 5.74) is 0. The van der Waals surface area contributed by atoms with Crippen LogP contribution in [0, 0.1) is 12.8 Å². The Balaban J connectivity index is 1.92. The first-order valence-electron chi connectivity index (χ1n) is 7.23. The fourth-order valence-corrected chi connectivity index (χ4v) is 2.69. The number of aryl methyl sites for hydroxylation is 1. The number of carbonyl (C=O) groups is 1. The molecule has 1 aromatic rings. The number of aliphatic hydroxyl groups excluding tert-OH is 1. The zero-order valence-corrected chi connectivity index (χ0v) is 12.1. The SMILES string of the molecule is CC[C@H](C(=O)Nc1cc(C)on1)N1CCC(CO)CC1. The van der Waals surface area contributed by atoms with Gasteiger partial charge in [0, 0.05) is 12.7 Å². The van der Waals surface area contributed by atoms with Crippen molar-refractivity contribution < 1.29 is 14.4 Å². The van der Waals surface area contributed by atoms with Gasteiger partial charge in [0.15, 0.2) is 5.82 Å². The maximum absolute atomic E-state index is 12.3. The zero-order valence-electron chi connectivity index (χ0n) is 12.1. The second-order valence-corrected chi connectivity index (χ2v) is 5.40. The minimum absolute atomic E-state index is 0.0387. The highest BCUT2D eigenvalue weighted by molar-refractivity contribution is 5.93. The maximum Gasteiger partial charge on any atom is 0.242 e. The number of anilines is 1. The maximum atomic E-state index is 12.3. The molecule has 0 spiro atoms. The summed E-state index contributed by atoms with van der Waals surface area (Å²) in [6.45, 7) is 5.76. The number of aliphatic hydroxyl groups is 1. The summed E-state index contributed by atoms with van der Waals surface area (Å²) in [5.74, 6) is 1.49. The van der Waals surface area contributed by atoms with E-state index in [0.29, 0.717) is 17.5 Å². The van der Waals surface area contributed by atoms with Crippen LogP contribution in [0.2, 0.25) is 0 Å². The number of hydrogen-bond donors (Lipinski definition) is 2. The van der Waals surface area contributed by atoms with Crippen LogP contribution in [0.3, 0.4) is 0 Å². The highest BCUT2D eigenvalue weighted by Crippen LogP contribution is 2.20. The molecule has 0 aliphatic carbocycles. The minimum atomic E-state index is -0.147. The average molecular weight is 281 g/mol. The summed E-state index contributed by atoms with van der Waals surface area (Å²) in [6, 6.07) is 1.56. The smallest absolute Gasteiger partial charge is 0.242 e. The standard InChI is InChI=1S/C14H23N3O3/c1-3-12(17-6-4-11(9-18)5-7-17)14(19)15-13-8-10(2)20-16-13/h8,11-12,18H,3-7,9H2,1-2H3,(H,15,16,19)/t12-/m1/s1. The van der Waals surface area contributed by atoms with Gasteiger partial charge in [-0.15, -0.1) is 0 Å². The van der Waals surface area contributed by atoms with Crippen molar-refractivity contribution in [1.82, 2.24) is 10.1 Å². The largest absolute Gasteiger partial charge is 0.396 e. The van der Waals surface area contributed by atoms with Crippen LogP contribution < -0.4 is 5.32 Å². The molecule has 0 bridgehead atoms. The van der Waals surface area contributed by atoms with Gasteiger partial charge in [-0.05, 0) is 45.2 Å². The van der Waals surface area contributed by atoms with Gasteiger partial charge in [-0.2, -0.15) is 0 Å². The Bertz CT molecular complexity index is 439. The van der Waals surface area contributed by atoms with Crippen LogP contribution in [0.5, 0.6) is 0 Å². The van der Waals surface area contributed by atoms with E-state index in [2.05, 4.69) is 15.4 Å². The third-order valence-electron chi connectivity index (χ3n) is 3.92. The molecule has 1 fully saturated rings. The van der Waals surface area contributed by atoms with E-state index in [4.69, 9.17) is 9.63 Å². The van der Waals surface area contributed by atoms with Crippen molar-refractivity contribution in [3.05, 3.63) is 11.8 Å². The Hall–Kier alpha value is -1.40. The number of piperidine rings is 1. The second kappa shape index (κ2) is 6.85. The fourth-order valence-electron chi connectivity index (χ4n) is 2.69. The molecule has 6 heteroatoms. The number of aromatic nitrogens is 1. The number of amides is 1. The Morgan fingerprint density at radius 1 is 1.60 bits per heavy atom. The lowest BCUT2D eigenvalue weighted by molar-refractivity contribution is -0.122. The molecule has 2 rings (SSSR count). The first-order valence-corrected chi connectivity index (χ1v) is 7.23. The highest BCUT2D eigenvalue weighted by Gasteiger charge is 2.28. The van der Waals surface area contributed by atoms with E-state index in [1.165, 1.54) is 0 Å². The molecular weight excluding hydrogens is 258 g/mol. The van der Waals surface area contributed by atoms with Crippen LogP contribution in [-0.4, -0.2) is 46.8 Å². The van der Waals surface area contributed by atoms with E-state index in [-0.39, 0.29) is 18.6 Å². The molecule has 1 aliphatic rings. The third-order valence-corrected chi connectivity index (χ3v) is 3.92. The first-order chi connectivity index (χ1) is 9.63. The molecular formula is C14H23N3O3. The van der Waals surface area contributed by atoms with E-state index in [0.717, 1.165) is 32.4 Å². The van der Waals surface area contributed by atoms with E-state index in [9.17, 15) is 4.79 Å². The van der Waals surface area contributed by atoms with Gasteiger partial charge in [0.2, 0.25) is 5.91 Å². The van der Waals surface area contributed by atoms with Gasteiger partial charge in [0.25, 0.3) is 0 Å². The van der Waals surface area contributed by atoms with Gasteiger partial charge in [-0.1, -0.05) is 12.1 Å². The van der Waals surface area contributed by atoms with Crippen molar-refractivity contribution in [2.45, 2.75) is 39.2 Å². The summed E-state index contributed by atoms with van der Waals surface area (Å²) in [7, 11) is 0. The van der Waals surface area contributed by atoms with Crippen molar-refractivity contribution in [2.24, 2.45) is 5.92 Å². The fraction of sp³-hybridized carbons (Fsp3) is 0.714. The molecule has 1 aromatic heterocycles. The lowest BCUT2D eigenvalue weighted by Gasteiger charge is -2.35. The van der Waals surface area contributed by atoms with Crippen molar-refractivity contribution in [3.63, 3.8) is 0 Å². The summed E-state index contributed by atoms with van der Waals surface area (Å²) in [5, 5.41) is 15.7. The van der Waals surface area contributed by atoms with E-state index in [1.54, 1.807) is 13.0 Å². The minimum Gasteiger partial charge on any atom is -0.396 e. The van der Waals surface area contributed by atoms with Crippen LogP contribution in [-0.2, 0) is 4.79 Å². The Kier molecular flexibility index (Phi) is 5.14. The average Bonchev–Trinajstić information content (AvgIpc) is 2.85. The van der Waals surface area contributed by atoms with Crippen molar-refractivity contribution in [3.8, 4) is 0 Å². The van der Waals surface area contributed by atoms with Crippen molar-refractivity contribution >= 4 is 11.7 Å². The predicted octanol–water partition coefficient (Wildman–Crippen LogP) is 1.40. The molecule has 2 N–H and O–H groups in total. The van der Waals surface area contributed by atoms with Crippen LogP contribution >= 0.6 is 0 Å². The van der Waals surface area contributed by atoms with Gasteiger partial charge in [0.1, 0.15) is 5.76 Å². The molecule has 1 amide bonds. The number of nitrogens with one attached hydrogen (secondary N) is 1. The molecule has 0 aromatic carbocycles. The van der Waals surface area contributed by atoms with E-state index >= 15 is 0 Å². The lowest BCUT2D eigenvalue weighted by atomic mass is 9.96. The molecule has 1 atom stereocenters. The Morgan fingerprint density at radius 3 is 2.80 bits per heavy atom. The van der Waals surface area contributed by atoms with Crippen LogP contribution in [0.4, 0.5) is 5.82 Å². The number of hydrogen-bond acceptors (Lipinski definition) is 5. The van der Waals surface area contributed by atoms with Crippen molar-refractivity contribution in [2.75, 3.05) is 25.0 Å². The monoisotopic (exact) mass is 281 g/mol. The molecule has 1 saturated heterocycles. The third kappa shape index (κ3) is 3.58. The van der Waals surface area contributed by atoms with Gasteiger partial charge in [0.05, 0.1) is 6.04 Å². The predicted molar refractivity (Wildman–Crippen MR) is 75.3 cm³/mol. The molecule has 20 heavy (non-hydrogen) atoms. The normalized spacial score (nSPS) is 18.9. The van der Waals surface area contributed by atoms with Crippen LogP contribution in [0.15, 0.2) is 10.6 Å². The first kappa shape index (κ1) is 15.0. The Labute approximate surface area is 119 Å². The molecule has 2 heterocycles. The van der Waals surface area contributed by atoms with Crippen LogP contribution in [0.1, 0.15) is 31.9 Å². The highest BCUT2D eigenvalue weighted by atomic mass is 16.5.